The summed E-state index contributed by atoms with van der Waals surface area (Å²) in [5.74, 6) is -2.71. The molecule has 0 radical (unpaired) electrons. The van der Waals surface area contributed by atoms with Gasteiger partial charge in [-0.25, -0.2) is 9.58 Å². The first-order valence-corrected chi connectivity index (χ1v) is 10.4. The maximum absolute atomic E-state index is 13.3. The number of amides is 2. The molecule has 0 unspecified atom stereocenters. The lowest BCUT2D eigenvalue weighted by Crippen LogP contribution is -2.38. The number of hydrogen-bond donors (Lipinski definition) is 0. The van der Waals surface area contributed by atoms with Crippen molar-refractivity contribution in [2.75, 3.05) is 4.90 Å². The monoisotopic (exact) mass is 532 g/mol. The highest BCUT2D eigenvalue weighted by molar-refractivity contribution is 8.00. The number of benzene rings is 1. The molecule has 33 heavy (non-hydrogen) atoms. The van der Waals surface area contributed by atoms with Crippen LogP contribution >= 0.6 is 35.0 Å². The van der Waals surface area contributed by atoms with Gasteiger partial charge in [0, 0.05) is 12.8 Å². The van der Waals surface area contributed by atoms with Gasteiger partial charge in [0.1, 0.15) is 11.8 Å². The van der Waals surface area contributed by atoms with Crippen molar-refractivity contribution >= 4 is 52.6 Å². The van der Waals surface area contributed by atoms with Crippen molar-refractivity contribution in [1.29, 1.82) is 5.26 Å². The minimum Gasteiger partial charge on any atom is -0.274 e. The van der Waals surface area contributed by atoms with Crippen LogP contribution in [0.2, 0.25) is 10.0 Å². The zero-order valence-corrected chi connectivity index (χ0v) is 18.9. The number of carbonyl (C=O) groups excluding carboxylic acids is 2. The molecular weight excluding hydrogens is 521 g/mol. The number of nitrogens with zero attached hydrogens (tertiary/aromatic N) is 4. The van der Waals surface area contributed by atoms with E-state index >= 15 is 0 Å². The van der Waals surface area contributed by atoms with E-state index in [1.165, 1.54) is 19.9 Å². The molecule has 0 saturated heterocycles. The van der Waals surface area contributed by atoms with E-state index in [-0.39, 0.29) is 12.8 Å². The van der Waals surface area contributed by atoms with Gasteiger partial charge in [-0.05, 0) is 23.9 Å². The molecule has 2 aromatic rings. The second-order valence-electron chi connectivity index (χ2n) is 6.19. The number of thioether (sulfide) groups is 1. The summed E-state index contributed by atoms with van der Waals surface area (Å²) in [7, 11) is 0. The minimum absolute atomic E-state index is 0.330. The summed E-state index contributed by atoms with van der Waals surface area (Å²) in [5.41, 5.74) is -7.63. The van der Waals surface area contributed by atoms with E-state index in [4.69, 9.17) is 23.2 Å². The summed E-state index contributed by atoms with van der Waals surface area (Å²) < 4.78 is 79.6. The highest BCUT2D eigenvalue weighted by Gasteiger charge is 2.40. The molecule has 1 aromatic heterocycles. The number of aromatic nitrogens is 2. The molecule has 0 N–H and O–H groups in total. The number of nitriles is 1. The normalized spacial score (nSPS) is 11.9. The molecule has 0 aliphatic carbocycles. The van der Waals surface area contributed by atoms with Gasteiger partial charge in [0.05, 0.1) is 20.5 Å². The Labute approximate surface area is 197 Å². The highest BCUT2D eigenvalue weighted by atomic mass is 35.5. The summed E-state index contributed by atoms with van der Waals surface area (Å²) in [5, 5.41) is 11.7. The van der Waals surface area contributed by atoms with Gasteiger partial charge in [0.15, 0.2) is 11.5 Å². The lowest BCUT2D eigenvalue weighted by Gasteiger charge is -2.23. The fourth-order valence-corrected chi connectivity index (χ4v) is 3.98. The van der Waals surface area contributed by atoms with Crippen LogP contribution in [0.25, 0.3) is 5.69 Å². The number of alkyl halides is 6. The molecule has 0 aliphatic rings. The molecule has 0 bridgehead atoms. The standard InChI is InChI=1S/C18H12Cl2F6N4O2S/c1-3-12(31)29(13(32)4-2)16-15(33-18(24,25)26)11(7-27)28-30(16)14-9(19)5-8(6-10(14)20)17(21,22)23/h5-6H,3-4H2,1-2H3. The first kappa shape index (κ1) is 26.8. The summed E-state index contributed by atoms with van der Waals surface area (Å²) in [6.07, 6.45) is -5.51. The minimum atomic E-state index is -4.97. The Morgan fingerprint density at radius 3 is 1.94 bits per heavy atom. The van der Waals surface area contributed by atoms with Crippen molar-refractivity contribution in [3.8, 4) is 11.8 Å². The number of imide groups is 1. The Morgan fingerprint density at radius 1 is 1.09 bits per heavy atom. The van der Waals surface area contributed by atoms with E-state index in [0.29, 0.717) is 21.7 Å². The third kappa shape index (κ3) is 5.74. The fraction of sp³-hybridized carbons (Fsp3) is 0.333. The average Bonchev–Trinajstić information content (AvgIpc) is 3.02. The largest absolute Gasteiger partial charge is 0.446 e. The van der Waals surface area contributed by atoms with Crippen molar-refractivity contribution in [3.63, 3.8) is 0 Å². The summed E-state index contributed by atoms with van der Waals surface area (Å²) in [4.78, 5) is 24.6. The Balaban J connectivity index is 3.00. The molecule has 2 amide bonds. The molecule has 6 nitrogen and oxygen atoms in total. The quantitative estimate of drug-likeness (QED) is 0.330. The second kappa shape index (κ2) is 9.82. The number of anilines is 1. The SMILES string of the molecule is CCC(=O)N(C(=O)CC)c1c(SC(F)(F)F)c(C#N)nn1-c1c(Cl)cc(C(F)(F)F)cc1Cl. The van der Waals surface area contributed by atoms with Crippen molar-refractivity contribution in [3.05, 3.63) is 33.4 Å². The Hall–Kier alpha value is -2.43. The van der Waals surface area contributed by atoms with Crippen LogP contribution in [0.5, 0.6) is 0 Å². The zero-order valence-electron chi connectivity index (χ0n) is 16.6. The topological polar surface area (TPSA) is 79.0 Å². The lowest BCUT2D eigenvalue weighted by molar-refractivity contribution is -0.137. The molecule has 1 heterocycles. The maximum Gasteiger partial charge on any atom is 0.446 e. The van der Waals surface area contributed by atoms with E-state index in [1.54, 1.807) is 0 Å². The van der Waals surface area contributed by atoms with E-state index in [9.17, 15) is 41.2 Å². The summed E-state index contributed by atoms with van der Waals surface area (Å²) in [6, 6.07) is 2.32. The number of hydrogen-bond acceptors (Lipinski definition) is 5. The molecule has 0 saturated carbocycles. The number of carbonyl (C=O) groups is 2. The molecule has 178 valence electrons. The molecule has 0 fully saturated rings. The van der Waals surface area contributed by atoms with Gasteiger partial charge in [-0.1, -0.05) is 37.0 Å². The molecule has 0 atom stereocenters. The van der Waals surface area contributed by atoms with Crippen LogP contribution in [0.15, 0.2) is 17.0 Å². The smallest absolute Gasteiger partial charge is 0.274 e. The second-order valence-corrected chi connectivity index (χ2v) is 8.08. The summed E-state index contributed by atoms with van der Waals surface area (Å²) in [6.45, 7) is 2.66. The van der Waals surface area contributed by atoms with Crippen LogP contribution in [0.4, 0.5) is 32.2 Å². The van der Waals surface area contributed by atoms with Gasteiger partial charge in [0.25, 0.3) is 0 Å². The predicted molar refractivity (Wildman–Crippen MR) is 108 cm³/mol. The lowest BCUT2D eigenvalue weighted by atomic mass is 10.2. The summed E-state index contributed by atoms with van der Waals surface area (Å²) >= 11 is 11.1. The van der Waals surface area contributed by atoms with E-state index in [2.05, 4.69) is 5.10 Å². The maximum atomic E-state index is 13.3. The van der Waals surface area contributed by atoms with E-state index in [0.717, 1.165) is 0 Å². The third-order valence-electron chi connectivity index (χ3n) is 4.01. The van der Waals surface area contributed by atoms with Crippen LogP contribution in [-0.2, 0) is 15.8 Å². The zero-order chi connectivity index (χ0) is 25.3. The van der Waals surface area contributed by atoms with Gasteiger partial charge in [-0.2, -0.15) is 36.7 Å². The van der Waals surface area contributed by atoms with Gasteiger partial charge >= 0.3 is 11.7 Å². The van der Waals surface area contributed by atoms with Gasteiger partial charge in [-0.3, -0.25) is 9.59 Å². The first-order valence-electron chi connectivity index (χ1n) is 8.87. The molecule has 2 rings (SSSR count). The van der Waals surface area contributed by atoms with Gasteiger partial charge in [-0.15, -0.1) is 0 Å². The Kier molecular flexibility index (Phi) is 7.98. The number of halogens is 8. The predicted octanol–water partition coefficient (Wildman–Crippen LogP) is 6.36. The van der Waals surface area contributed by atoms with Crippen LogP contribution < -0.4 is 4.90 Å². The number of rotatable bonds is 5. The molecule has 1 aromatic carbocycles. The van der Waals surface area contributed by atoms with Crippen LogP contribution in [-0.4, -0.2) is 27.1 Å². The third-order valence-corrected chi connectivity index (χ3v) is 5.40. The molecule has 0 spiro atoms. The molecular formula is C18H12Cl2F6N4O2S. The fourth-order valence-electron chi connectivity index (χ4n) is 2.65. The van der Waals surface area contributed by atoms with Crippen LogP contribution in [0.1, 0.15) is 37.9 Å². The van der Waals surface area contributed by atoms with Crippen molar-refractivity contribution < 1.29 is 35.9 Å². The molecule has 15 heteroatoms. The van der Waals surface area contributed by atoms with Gasteiger partial charge < -0.3 is 0 Å². The molecule has 0 aliphatic heterocycles. The van der Waals surface area contributed by atoms with E-state index < -0.39 is 73.0 Å². The highest BCUT2D eigenvalue weighted by Crippen LogP contribution is 2.46. The van der Waals surface area contributed by atoms with Gasteiger partial charge in [0.2, 0.25) is 11.8 Å². The van der Waals surface area contributed by atoms with Crippen LogP contribution in [0.3, 0.4) is 0 Å². The Bertz CT molecular complexity index is 1100. The van der Waals surface area contributed by atoms with Crippen LogP contribution in [0, 0.1) is 11.3 Å². The van der Waals surface area contributed by atoms with Crippen molar-refractivity contribution in [2.24, 2.45) is 0 Å². The van der Waals surface area contributed by atoms with Crippen molar-refractivity contribution in [2.45, 2.75) is 43.3 Å². The average molecular weight is 533 g/mol. The first-order chi connectivity index (χ1) is 15.2. The van der Waals surface area contributed by atoms with E-state index in [1.807, 2.05) is 0 Å². The van der Waals surface area contributed by atoms with Crippen molar-refractivity contribution in [1.82, 2.24) is 9.78 Å². The Morgan fingerprint density at radius 2 is 1.58 bits per heavy atom.